The molecule has 1 heterocycles. The fourth-order valence-corrected chi connectivity index (χ4v) is 3.46. The molecule has 1 aliphatic heterocycles. The topological polar surface area (TPSA) is 60.2 Å². The lowest BCUT2D eigenvalue weighted by Crippen LogP contribution is -2.49. The molecule has 0 aromatic carbocycles. The van der Waals surface area contributed by atoms with Crippen molar-refractivity contribution in [2.45, 2.75) is 31.7 Å². The number of hydrogen-bond donors (Lipinski definition) is 1. The van der Waals surface area contributed by atoms with Crippen molar-refractivity contribution in [1.82, 2.24) is 0 Å². The lowest BCUT2D eigenvalue weighted by atomic mass is 9.94. The maximum Gasteiger partial charge on any atom is 0.152 e. The summed E-state index contributed by atoms with van der Waals surface area (Å²) in [4.78, 5) is 0. The molecular weight excluding hydrogens is 162 g/mol. The van der Waals surface area contributed by atoms with Crippen molar-refractivity contribution in [2.24, 2.45) is 5.73 Å². The lowest BCUT2D eigenvalue weighted by molar-refractivity contribution is 0.397. The Morgan fingerprint density at radius 2 is 2.18 bits per heavy atom. The molecule has 11 heavy (non-hydrogen) atoms. The Morgan fingerprint density at radius 3 is 2.55 bits per heavy atom. The molecule has 0 aliphatic carbocycles. The molecule has 4 heteroatoms. The summed E-state index contributed by atoms with van der Waals surface area (Å²) in [6.07, 6.45) is 2.33. The van der Waals surface area contributed by atoms with E-state index in [4.69, 9.17) is 5.73 Å². The molecule has 2 N–H and O–H groups in total. The van der Waals surface area contributed by atoms with Gasteiger partial charge < -0.3 is 5.73 Å². The van der Waals surface area contributed by atoms with E-state index in [2.05, 4.69) is 0 Å². The van der Waals surface area contributed by atoms with Gasteiger partial charge in [0, 0.05) is 5.54 Å². The molecule has 66 valence electrons. The van der Waals surface area contributed by atoms with Crippen LogP contribution < -0.4 is 5.73 Å². The third-order valence-corrected chi connectivity index (χ3v) is 4.27. The van der Waals surface area contributed by atoms with Crippen molar-refractivity contribution in [2.75, 3.05) is 11.5 Å². The van der Waals surface area contributed by atoms with Crippen LogP contribution in [-0.4, -0.2) is 25.5 Å². The minimum atomic E-state index is -2.83. The normalized spacial score (nSPS) is 36.9. The van der Waals surface area contributed by atoms with E-state index in [0.717, 1.165) is 19.3 Å². The summed E-state index contributed by atoms with van der Waals surface area (Å²) in [6.45, 7) is 1.95. The maximum atomic E-state index is 11.1. The predicted octanol–water partition coefficient (Wildman–Crippen LogP) is 0.302. The van der Waals surface area contributed by atoms with Crippen molar-refractivity contribution < 1.29 is 8.42 Å². The first-order valence-corrected chi connectivity index (χ1v) is 5.79. The van der Waals surface area contributed by atoms with Gasteiger partial charge in [-0.1, -0.05) is 6.92 Å². The van der Waals surface area contributed by atoms with Gasteiger partial charge >= 0.3 is 0 Å². The monoisotopic (exact) mass is 177 g/mol. The van der Waals surface area contributed by atoms with Gasteiger partial charge in [-0.2, -0.15) is 0 Å². The van der Waals surface area contributed by atoms with Gasteiger partial charge in [0.2, 0.25) is 0 Å². The van der Waals surface area contributed by atoms with E-state index in [1.807, 2.05) is 6.92 Å². The molecule has 0 radical (unpaired) electrons. The number of nitrogens with two attached hydrogens (primary N) is 1. The van der Waals surface area contributed by atoms with Crippen molar-refractivity contribution in [1.29, 1.82) is 0 Å². The Bertz CT molecular complexity index is 235. The second-order valence-corrected chi connectivity index (χ2v) is 5.60. The zero-order valence-electron chi connectivity index (χ0n) is 6.84. The van der Waals surface area contributed by atoms with Gasteiger partial charge in [0.15, 0.2) is 9.84 Å². The van der Waals surface area contributed by atoms with Crippen LogP contribution in [0.25, 0.3) is 0 Å². The van der Waals surface area contributed by atoms with E-state index in [9.17, 15) is 8.42 Å². The molecule has 1 atom stereocenters. The molecule has 0 aromatic rings. The van der Waals surface area contributed by atoms with Crippen LogP contribution in [0.5, 0.6) is 0 Å². The third kappa shape index (κ3) is 2.17. The molecule has 0 saturated carbocycles. The molecule has 0 spiro atoms. The minimum Gasteiger partial charge on any atom is -0.324 e. The van der Waals surface area contributed by atoms with Gasteiger partial charge in [-0.05, 0) is 19.3 Å². The third-order valence-electron chi connectivity index (χ3n) is 2.34. The molecule has 0 bridgehead atoms. The van der Waals surface area contributed by atoms with Crippen LogP contribution in [0.2, 0.25) is 0 Å². The molecule has 3 nitrogen and oxygen atoms in total. The Morgan fingerprint density at radius 1 is 1.55 bits per heavy atom. The summed E-state index contributed by atoms with van der Waals surface area (Å²) in [7, 11) is -2.83. The fourth-order valence-electron chi connectivity index (χ4n) is 1.51. The van der Waals surface area contributed by atoms with E-state index >= 15 is 0 Å². The highest BCUT2D eigenvalue weighted by Crippen LogP contribution is 2.22. The second kappa shape index (κ2) is 2.75. The van der Waals surface area contributed by atoms with Crippen molar-refractivity contribution in [3.8, 4) is 0 Å². The van der Waals surface area contributed by atoms with E-state index in [1.54, 1.807) is 0 Å². The smallest absolute Gasteiger partial charge is 0.152 e. The van der Waals surface area contributed by atoms with Crippen LogP contribution in [0, 0.1) is 0 Å². The first kappa shape index (κ1) is 9.00. The fraction of sp³-hybridized carbons (Fsp3) is 1.00. The van der Waals surface area contributed by atoms with Crippen LogP contribution in [-0.2, 0) is 9.84 Å². The zero-order valence-corrected chi connectivity index (χ0v) is 7.65. The summed E-state index contributed by atoms with van der Waals surface area (Å²) >= 11 is 0. The molecule has 1 rings (SSSR count). The molecule has 0 aromatic heterocycles. The molecule has 1 saturated heterocycles. The summed E-state index contributed by atoms with van der Waals surface area (Å²) in [6, 6.07) is 0. The van der Waals surface area contributed by atoms with Crippen molar-refractivity contribution >= 4 is 9.84 Å². The first-order chi connectivity index (χ1) is 4.97. The van der Waals surface area contributed by atoms with Crippen LogP contribution in [0.3, 0.4) is 0 Å². The van der Waals surface area contributed by atoms with Crippen LogP contribution in [0.1, 0.15) is 26.2 Å². The molecule has 0 amide bonds. The quantitative estimate of drug-likeness (QED) is 0.626. The molecular formula is C7H15NO2S. The summed E-state index contributed by atoms with van der Waals surface area (Å²) in [5.74, 6) is 0.502. The van der Waals surface area contributed by atoms with Gasteiger partial charge in [-0.15, -0.1) is 0 Å². The largest absolute Gasteiger partial charge is 0.324 e. The second-order valence-electron chi connectivity index (χ2n) is 3.41. The van der Waals surface area contributed by atoms with E-state index in [-0.39, 0.29) is 5.75 Å². The van der Waals surface area contributed by atoms with E-state index in [1.165, 1.54) is 0 Å². The predicted molar refractivity (Wildman–Crippen MR) is 45.1 cm³/mol. The Labute approximate surface area is 67.9 Å². The number of rotatable bonds is 1. The molecule has 1 fully saturated rings. The van der Waals surface area contributed by atoms with Gasteiger partial charge in [0.1, 0.15) is 0 Å². The average Bonchev–Trinajstić information content (AvgIpc) is 1.85. The Kier molecular flexibility index (Phi) is 2.25. The average molecular weight is 177 g/mol. The summed E-state index contributed by atoms with van der Waals surface area (Å²) < 4.78 is 22.3. The highest BCUT2D eigenvalue weighted by atomic mass is 32.2. The lowest BCUT2D eigenvalue weighted by Gasteiger charge is -2.31. The van der Waals surface area contributed by atoms with E-state index in [0.29, 0.717) is 5.75 Å². The van der Waals surface area contributed by atoms with Crippen LogP contribution in [0.4, 0.5) is 0 Å². The van der Waals surface area contributed by atoms with Gasteiger partial charge in [-0.3, -0.25) is 0 Å². The zero-order chi connectivity index (χ0) is 8.54. The van der Waals surface area contributed by atoms with Gasteiger partial charge in [0.25, 0.3) is 0 Å². The van der Waals surface area contributed by atoms with Crippen LogP contribution >= 0.6 is 0 Å². The minimum absolute atomic E-state index is 0.177. The first-order valence-electron chi connectivity index (χ1n) is 3.97. The Hall–Kier alpha value is -0.0900. The molecule has 1 aliphatic rings. The molecule has 1 unspecified atom stereocenters. The highest BCUT2D eigenvalue weighted by Gasteiger charge is 2.33. The summed E-state index contributed by atoms with van der Waals surface area (Å²) in [5.41, 5.74) is 5.42. The van der Waals surface area contributed by atoms with Crippen LogP contribution in [0.15, 0.2) is 0 Å². The van der Waals surface area contributed by atoms with E-state index < -0.39 is 15.4 Å². The number of hydrogen-bond acceptors (Lipinski definition) is 3. The van der Waals surface area contributed by atoms with Crippen molar-refractivity contribution in [3.05, 3.63) is 0 Å². The van der Waals surface area contributed by atoms with Gasteiger partial charge in [0.05, 0.1) is 11.5 Å². The Balaban J connectivity index is 2.75. The van der Waals surface area contributed by atoms with Crippen molar-refractivity contribution in [3.63, 3.8) is 0 Å². The standard InChI is InChI=1S/C7H15NO2S/c1-2-7(8)4-3-5-11(9,10)6-7/h2-6,8H2,1H3. The summed E-state index contributed by atoms with van der Waals surface area (Å²) in [5, 5.41) is 0. The highest BCUT2D eigenvalue weighted by molar-refractivity contribution is 7.91. The number of sulfone groups is 1. The SMILES string of the molecule is CCC1(N)CCCS(=O)(=O)C1. The maximum absolute atomic E-state index is 11.1. The van der Waals surface area contributed by atoms with Gasteiger partial charge in [-0.25, -0.2) is 8.42 Å².